The molecule has 0 spiro atoms. The number of aromatic amines is 1. The lowest BCUT2D eigenvalue weighted by Crippen LogP contribution is -2.76. The number of aromatic nitrogens is 2. The molecule has 0 radical (unpaired) electrons. The molecule has 2 aliphatic heterocycles. The number of carbonyl (C=O) groups is 3. The number of urea groups is 1. The number of benzene rings is 3. The molecule has 0 aliphatic carbocycles. The molecule has 2 aliphatic rings. The van der Waals surface area contributed by atoms with Gasteiger partial charge < -0.3 is 20.2 Å². The number of nitrogens with one attached hydrogen (secondary N) is 2. The number of rotatable bonds is 8. The van der Waals surface area contributed by atoms with E-state index >= 15 is 0 Å². The van der Waals surface area contributed by atoms with Gasteiger partial charge in [0.05, 0.1) is 30.8 Å². The number of hydrogen-bond donors (Lipinski definition) is 3. The molecule has 2 atom stereocenters. The molecule has 3 heterocycles. The number of H-pyrrole nitrogens is 1. The first-order valence-corrected chi connectivity index (χ1v) is 14.2. The van der Waals surface area contributed by atoms with Gasteiger partial charge in [-0.15, -0.1) is 6.58 Å². The van der Waals surface area contributed by atoms with Gasteiger partial charge in [-0.05, 0) is 29.3 Å². The summed E-state index contributed by atoms with van der Waals surface area (Å²) in [6.45, 7) is 4.67. The summed E-state index contributed by atoms with van der Waals surface area (Å²) in [6, 6.07) is 22.6. The van der Waals surface area contributed by atoms with Crippen molar-refractivity contribution in [3.8, 4) is 5.75 Å². The summed E-state index contributed by atoms with van der Waals surface area (Å²) in [5.74, 6) is -0.361. The third kappa shape index (κ3) is 5.67. The molecule has 3 aromatic carbocycles. The number of aromatic hydroxyl groups is 1. The van der Waals surface area contributed by atoms with Crippen molar-refractivity contribution in [2.75, 3.05) is 19.6 Å². The van der Waals surface area contributed by atoms with Crippen LogP contribution in [0.1, 0.15) is 16.8 Å². The zero-order valence-corrected chi connectivity index (χ0v) is 23.6. The smallest absolute Gasteiger partial charge is 0.334 e. The lowest BCUT2D eigenvalue weighted by atomic mass is 9.98. The van der Waals surface area contributed by atoms with E-state index in [-0.39, 0.29) is 56.2 Å². The molecule has 220 valence electrons. The van der Waals surface area contributed by atoms with Crippen molar-refractivity contribution in [3.63, 3.8) is 0 Å². The predicted octanol–water partition coefficient (Wildman–Crippen LogP) is 3.01. The summed E-state index contributed by atoms with van der Waals surface area (Å²) in [5, 5.41) is 24.4. The van der Waals surface area contributed by atoms with E-state index in [9.17, 15) is 19.5 Å². The van der Waals surface area contributed by atoms with Gasteiger partial charge in [0.2, 0.25) is 11.8 Å². The van der Waals surface area contributed by atoms with Gasteiger partial charge in [0, 0.05) is 24.9 Å². The van der Waals surface area contributed by atoms with Crippen molar-refractivity contribution in [2.45, 2.75) is 31.7 Å². The summed E-state index contributed by atoms with van der Waals surface area (Å²) in [5.41, 5.74) is 3.28. The van der Waals surface area contributed by atoms with Gasteiger partial charge in [0.15, 0.2) is 0 Å². The molecule has 0 bridgehead atoms. The number of amides is 4. The molecular weight excluding hydrogens is 546 g/mol. The van der Waals surface area contributed by atoms with Crippen LogP contribution in [0.15, 0.2) is 91.5 Å². The van der Waals surface area contributed by atoms with Crippen LogP contribution in [0.5, 0.6) is 5.75 Å². The predicted molar refractivity (Wildman–Crippen MR) is 160 cm³/mol. The van der Waals surface area contributed by atoms with Gasteiger partial charge in [0.25, 0.3) is 0 Å². The normalized spacial score (nSPS) is 19.0. The summed E-state index contributed by atoms with van der Waals surface area (Å²) >= 11 is 0. The molecule has 2 fully saturated rings. The van der Waals surface area contributed by atoms with Crippen LogP contribution in [0, 0.1) is 0 Å². The molecule has 11 nitrogen and oxygen atoms in total. The Bertz CT molecular complexity index is 1640. The molecule has 0 saturated carbocycles. The summed E-state index contributed by atoms with van der Waals surface area (Å²) in [7, 11) is 0. The van der Waals surface area contributed by atoms with Gasteiger partial charge in [-0.25, -0.2) is 14.8 Å². The number of carbonyl (C=O) groups excluding carboxylic acids is 3. The van der Waals surface area contributed by atoms with Crippen molar-refractivity contribution in [3.05, 3.63) is 108 Å². The first-order chi connectivity index (χ1) is 20.9. The Hall–Kier alpha value is -5.16. The quantitative estimate of drug-likeness (QED) is 0.276. The van der Waals surface area contributed by atoms with E-state index in [1.807, 2.05) is 54.6 Å². The lowest BCUT2D eigenvalue weighted by Gasteiger charge is -2.55. The minimum Gasteiger partial charge on any atom is -0.508 e. The number of phenolic OH excluding ortho intramolecular Hbond substituents is 1. The number of nitrogens with zero attached hydrogens (tertiary/aromatic N) is 5. The second-order valence-electron chi connectivity index (χ2n) is 10.7. The van der Waals surface area contributed by atoms with Gasteiger partial charge in [-0.3, -0.25) is 14.7 Å². The van der Waals surface area contributed by atoms with E-state index in [1.165, 1.54) is 0 Å². The number of hydrazine groups is 1. The van der Waals surface area contributed by atoms with E-state index < -0.39 is 12.2 Å². The Balaban J connectivity index is 1.36. The van der Waals surface area contributed by atoms with Crippen molar-refractivity contribution in [1.29, 1.82) is 0 Å². The fraction of sp³-hybridized carbons (Fsp3) is 0.250. The van der Waals surface area contributed by atoms with Crippen LogP contribution in [-0.2, 0) is 29.1 Å². The summed E-state index contributed by atoms with van der Waals surface area (Å²) < 4.78 is 0. The SMILES string of the molecule is C=CCN1CC(=O)N2[C@@H](Cc3ccc(O)cc3)C(=O)N(Cc3[nH]nc4ccccc34)C[C@@H]2N1C(=O)NCc1ccccc1. The number of para-hydroxylation sites is 1. The maximum Gasteiger partial charge on any atom is 0.334 e. The number of phenols is 1. The van der Waals surface area contributed by atoms with Crippen LogP contribution >= 0.6 is 0 Å². The Labute approximate surface area is 249 Å². The number of piperazine rings is 1. The average molecular weight is 580 g/mol. The van der Waals surface area contributed by atoms with E-state index in [4.69, 9.17) is 0 Å². The second-order valence-corrected chi connectivity index (χ2v) is 10.7. The molecule has 4 aromatic rings. The highest BCUT2D eigenvalue weighted by atomic mass is 16.3. The Kier molecular flexibility index (Phi) is 7.80. The van der Waals surface area contributed by atoms with Gasteiger partial charge in [-0.2, -0.15) is 5.10 Å². The Morgan fingerprint density at radius 1 is 1.02 bits per heavy atom. The second kappa shape index (κ2) is 12.0. The Morgan fingerprint density at radius 2 is 1.77 bits per heavy atom. The van der Waals surface area contributed by atoms with Crippen LogP contribution in [0.25, 0.3) is 10.9 Å². The molecule has 1 aromatic heterocycles. The zero-order chi connectivity index (χ0) is 29.9. The first kappa shape index (κ1) is 28.0. The van der Waals surface area contributed by atoms with Crippen LogP contribution in [0.3, 0.4) is 0 Å². The third-order valence-electron chi connectivity index (χ3n) is 7.92. The van der Waals surface area contributed by atoms with Crippen LogP contribution in [0.4, 0.5) is 4.79 Å². The summed E-state index contributed by atoms with van der Waals surface area (Å²) in [4.78, 5) is 45.0. The highest BCUT2D eigenvalue weighted by Crippen LogP contribution is 2.30. The minimum absolute atomic E-state index is 0.0776. The number of fused-ring (bicyclic) bond motifs is 2. The minimum atomic E-state index is -0.861. The van der Waals surface area contributed by atoms with Crippen molar-refractivity contribution in [2.24, 2.45) is 0 Å². The largest absolute Gasteiger partial charge is 0.508 e. The standard InChI is InChI=1S/C32H33N7O4/c1-2-16-37-21-30(41)38-28(17-22-12-14-24(40)15-13-22)31(42)36(19-27-25-10-6-7-11-26(25)34-35-27)20-29(38)39(37)32(43)33-18-23-8-4-3-5-9-23/h2-15,28-29,40H,1,16-21H2,(H,33,43)(H,34,35)/t28-,29-/m0/s1. The lowest BCUT2D eigenvalue weighted by molar-refractivity contribution is -0.189. The van der Waals surface area contributed by atoms with Crippen LogP contribution < -0.4 is 5.32 Å². The highest BCUT2D eigenvalue weighted by molar-refractivity contribution is 5.92. The van der Waals surface area contributed by atoms with Crippen LogP contribution in [-0.4, -0.2) is 84.8 Å². The molecular formula is C32H33N7O4. The van der Waals surface area contributed by atoms with E-state index in [0.29, 0.717) is 6.54 Å². The van der Waals surface area contributed by atoms with Gasteiger partial charge in [-0.1, -0.05) is 66.7 Å². The average Bonchev–Trinajstić information content (AvgIpc) is 3.42. The zero-order valence-electron chi connectivity index (χ0n) is 23.6. The molecule has 43 heavy (non-hydrogen) atoms. The molecule has 3 N–H and O–H groups in total. The molecule has 6 rings (SSSR count). The third-order valence-corrected chi connectivity index (χ3v) is 7.92. The molecule has 4 amide bonds. The molecule has 11 heteroatoms. The van der Waals surface area contributed by atoms with Crippen molar-refractivity contribution >= 4 is 28.7 Å². The van der Waals surface area contributed by atoms with E-state index in [1.54, 1.807) is 50.2 Å². The van der Waals surface area contributed by atoms with E-state index in [2.05, 4.69) is 22.1 Å². The molecule has 2 saturated heterocycles. The van der Waals surface area contributed by atoms with Crippen LogP contribution in [0.2, 0.25) is 0 Å². The topological polar surface area (TPSA) is 125 Å². The van der Waals surface area contributed by atoms with Gasteiger partial charge in [0.1, 0.15) is 18.0 Å². The van der Waals surface area contributed by atoms with E-state index in [0.717, 1.165) is 27.7 Å². The maximum atomic E-state index is 14.2. The van der Waals surface area contributed by atoms with Crippen molar-refractivity contribution in [1.82, 2.24) is 35.3 Å². The maximum absolute atomic E-state index is 14.2. The first-order valence-electron chi connectivity index (χ1n) is 14.2. The van der Waals surface area contributed by atoms with Crippen molar-refractivity contribution < 1.29 is 19.5 Å². The van der Waals surface area contributed by atoms with Gasteiger partial charge >= 0.3 is 6.03 Å². The highest BCUT2D eigenvalue weighted by Gasteiger charge is 2.51. The fourth-order valence-electron chi connectivity index (χ4n) is 5.88. The Morgan fingerprint density at radius 3 is 2.53 bits per heavy atom. The monoisotopic (exact) mass is 579 g/mol. The number of hydrogen-bond acceptors (Lipinski definition) is 6. The summed E-state index contributed by atoms with van der Waals surface area (Å²) in [6.07, 6.45) is 1.12. The fourth-order valence-corrected chi connectivity index (χ4v) is 5.88. The molecule has 0 unspecified atom stereocenters.